The van der Waals surface area contributed by atoms with Crippen molar-refractivity contribution in [3.05, 3.63) is 9.65 Å². The van der Waals surface area contributed by atoms with Crippen LogP contribution in [0.3, 0.4) is 0 Å². The first-order valence-electron chi connectivity index (χ1n) is 4.58. The second kappa shape index (κ2) is 7.65. The molecule has 0 spiro atoms. The minimum absolute atomic E-state index is 0.283. The molecular weight excluding hydrogens is 236 g/mol. The predicted molar refractivity (Wildman–Crippen MR) is 68.4 cm³/mol. The molecule has 14 heavy (non-hydrogen) atoms. The summed E-state index contributed by atoms with van der Waals surface area (Å²) in [7, 11) is -2.98. The third kappa shape index (κ3) is 6.79. The summed E-state index contributed by atoms with van der Waals surface area (Å²) < 4.78 is 23.9. The Hall–Kier alpha value is 0.390. The van der Waals surface area contributed by atoms with Crippen molar-refractivity contribution in [2.24, 2.45) is 0 Å². The van der Waals surface area contributed by atoms with Gasteiger partial charge in [-0.05, 0) is 18.9 Å². The molecule has 0 unspecified atom stereocenters. The Labute approximate surface area is 95.8 Å². The number of hydrogen-bond acceptors (Lipinski definition) is 4. The van der Waals surface area contributed by atoms with Crippen LogP contribution in [0.2, 0.25) is 0 Å². The van der Waals surface area contributed by atoms with Gasteiger partial charge in [-0.15, -0.1) is 23.5 Å². The van der Waals surface area contributed by atoms with Gasteiger partial charge >= 0.3 is 0 Å². The van der Waals surface area contributed by atoms with Crippen molar-refractivity contribution in [1.29, 1.82) is 0 Å². The van der Waals surface area contributed by atoms with E-state index in [2.05, 4.69) is 6.92 Å². The van der Waals surface area contributed by atoms with Crippen LogP contribution in [0.25, 0.3) is 0 Å². The Kier molecular flexibility index (Phi) is 7.86. The fourth-order valence-corrected chi connectivity index (χ4v) is 4.27. The first-order valence-corrected chi connectivity index (χ1v) is 8.74. The molecule has 5 heteroatoms. The van der Waals surface area contributed by atoms with Gasteiger partial charge in [-0.1, -0.05) is 19.8 Å². The molecule has 0 amide bonds. The second-order valence-electron chi connectivity index (χ2n) is 2.92. The minimum Gasteiger partial charge on any atom is -0.224 e. The van der Waals surface area contributed by atoms with Gasteiger partial charge in [0.1, 0.15) is 0 Å². The normalized spacial score (nSPS) is 11.4. The van der Waals surface area contributed by atoms with Crippen LogP contribution in [-0.4, -0.2) is 26.7 Å². The van der Waals surface area contributed by atoms with Crippen LogP contribution in [-0.2, 0) is 9.84 Å². The fraction of sp³-hybridized carbons (Fsp3) is 0.778. The molecule has 0 atom stereocenters. The van der Waals surface area contributed by atoms with Crippen molar-refractivity contribution in [3.8, 4) is 0 Å². The van der Waals surface area contributed by atoms with Gasteiger partial charge in [-0.3, -0.25) is 0 Å². The number of rotatable bonds is 7. The number of sulfone groups is 1. The van der Waals surface area contributed by atoms with E-state index in [0.717, 1.165) is 23.5 Å². The molecule has 0 fully saturated rings. The van der Waals surface area contributed by atoms with E-state index in [0.29, 0.717) is 0 Å². The summed E-state index contributed by atoms with van der Waals surface area (Å²) in [4.78, 5) is 0. The molecule has 2 nitrogen and oxygen atoms in total. The lowest BCUT2D eigenvalue weighted by Crippen LogP contribution is -2.02. The van der Waals surface area contributed by atoms with Gasteiger partial charge < -0.3 is 0 Å². The van der Waals surface area contributed by atoms with Gasteiger partial charge in [0.2, 0.25) is 0 Å². The molecule has 0 aliphatic carbocycles. The minimum atomic E-state index is -2.98. The van der Waals surface area contributed by atoms with Crippen molar-refractivity contribution in [1.82, 2.24) is 0 Å². The lowest BCUT2D eigenvalue weighted by atomic mass is 10.3. The standard InChI is InChI=1S/C9H18O2S3/c1-4-5-6-7-14(10,11)8-9(12-2)13-3/h8H,4-7H2,1-3H3. The van der Waals surface area contributed by atoms with E-state index in [1.165, 1.54) is 28.9 Å². The number of unbranched alkanes of at least 4 members (excludes halogenated alkanes) is 2. The Morgan fingerprint density at radius 1 is 1.21 bits per heavy atom. The molecule has 0 aliphatic rings. The quantitative estimate of drug-likeness (QED) is 0.654. The van der Waals surface area contributed by atoms with E-state index in [-0.39, 0.29) is 5.75 Å². The molecule has 0 heterocycles. The topological polar surface area (TPSA) is 34.1 Å². The summed E-state index contributed by atoms with van der Waals surface area (Å²) in [6.07, 6.45) is 6.59. The summed E-state index contributed by atoms with van der Waals surface area (Å²) in [6, 6.07) is 0. The van der Waals surface area contributed by atoms with Crippen LogP contribution in [0, 0.1) is 0 Å². The fourth-order valence-electron chi connectivity index (χ4n) is 0.938. The van der Waals surface area contributed by atoms with Gasteiger partial charge in [-0.2, -0.15) is 0 Å². The van der Waals surface area contributed by atoms with Crippen molar-refractivity contribution < 1.29 is 8.42 Å². The largest absolute Gasteiger partial charge is 0.224 e. The van der Waals surface area contributed by atoms with E-state index in [1.54, 1.807) is 0 Å². The SMILES string of the molecule is CCCCCS(=O)(=O)C=C(SC)SC. The van der Waals surface area contributed by atoms with Gasteiger partial charge in [-0.25, -0.2) is 8.42 Å². The summed E-state index contributed by atoms with van der Waals surface area (Å²) in [6.45, 7) is 2.07. The molecule has 0 aromatic heterocycles. The van der Waals surface area contributed by atoms with Crippen LogP contribution in [0.1, 0.15) is 26.2 Å². The van der Waals surface area contributed by atoms with E-state index >= 15 is 0 Å². The number of hydrogen-bond donors (Lipinski definition) is 0. The molecule has 0 saturated carbocycles. The second-order valence-corrected chi connectivity index (χ2v) is 6.84. The third-order valence-corrected chi connectivity index (χ3v) is 5.50. The molecule has 0 aromatic carbocycles. The molecule has 0 saturated heterocycles. The zero-order chi connectivity index (χ0) is 11.0. The maximum Gasteiger partial charge on any atom is 0.173 e. The van der Waals surface area contributed by atoms with Gasteiger partial charge in [0.15, 0.2) is 9.84 Å². The van der Waals surface area contributed by atoms with Crippen LogP contribution in [0.4, 0.5) is 0 Å². The highest BCUT2D eigenvalue weighted by Crippen LogP contribution is 2.24. The Balaban J connectivity index is 4.25. The third-order valence-electron chi connectivity index (χ3n) is 1.71. The molecule has 0 N–H and O–H groups in total. The van der Waals surface area contributed by atoms with E-state index in [9.17, 15) is 8.42 Å². The highest BCUT2D eigenvalue weighted by atomic mass is 32.2. The molecule has 0 bridgehead atoms. The maximum atomic E-state index is 11.5. The number of thioether (sulfide) groups is 2. The lowest BCUT2D eigenvalue weighted by molar-refractivity contribution is 0.599. The average molecular weight is 254 g/mol. The average Bonchev–Trinajstić information content (AvgIpc) is 2.14. The molecular formula is C9H18O2S3. The molecule has 0 radical (unpaired) electrons. The van der Waals surface area contributed by atoms with Gasteiger partial charge in [0.25, 0.3) is 0 Å². The maximum absolute atomic E-state index is 11.5. The smallest absolute Gasteiger partial charge is 0.173 e. The van der Waals surface area contributed by atoms with Crippen molar-refractivity contribution in [3.63, 3.8) is 0 Å². The Morgan fingerprint density at radius 2 is 1.79 bits per heavy atom. The Bertz CT molecular complexity index is 262. The highest BCUT2D eigenvalue weighted by Gasteiger charge is 2.07. The van der Waals surface area contributed by atoms with E-state index < -0.39 is 9.84 Å². The lowest BCUT2D eigenvalue weighted by Gasteiger charge is -2.01. The molecule has 84 valence electrons. The van der Waals surface area contributed by atoms with Crippen LogP contribution >= 0.6 is 23.5 Å². The predicted octanol–water partition coefficient (Wildman–Crippen LogP) is 3.12. The van der Waals surface area contributed by atoms with Crippen LogP contribution < -0.4 is 0 Å². The first-order chi connectivity index (χ1) is 6.55. The zero-order valence-electron chi connectivity index (χ0n) is 8.95. The van der Waals surface area contributed by atoms with Crippen molar-refractivity contribution >= 4 is 33.4 Å². The first kappa shape index (κ1) is 14.4. The highest BCUT2D eigenvalue weighted by molar-refractivity contribution is 8.22. The molecule has 0 rings (SSSR count). The molecule has 0 aromatic rings. The summed E-state index contributed by atoms with van der Waals surface area (Å²) in [5.41, 5.74) is 0. The zero-order valence-corrected chi connectivity index (χ0v) is 11.4. The Morgan fingerprint density at radius 3 is 2.21 bits per heavy atom. The monoisotopic (exact) mass is 254 g/mol. The van der Waals surface area contributed by atoms with Gasteiger partial charge in [0.05, 0.1) is 15.4 Å². The summed E-state index contributed by atoms with van der Waals surface area (Å²) in [5.74, 6) is 0.283. The summed E-state index contributed by atoms with van der Waals surface area (Å²) >= 11 is 2.96. The van der Waals surface area contributed by atoms with Crippen molar-refractivity contribution in [2.45, 2.75) is 26.2 Å². The van der Waals surface area contributed by atoms with Crippen LogP contribution in [0.15, 0.2) is 9.65 Å². The van der Waals surface area contributed by atoms with E-state index in [1.807, 2.05) is 12.5 Å². The van der Waals surface area contributed by atoms with Crippen molar-refractivity contribution in [2.75, 3.05) is 18.3 Å². The van der Waals surface area contributed by atoms with Gasteiger partial charge in [0, 0.05) is 0 Å². The van der Waals surface area contributed by atoms with E-state index in [4.69, 9.17) is 0 Å². The summed E-state index contributed by atoms with van der Waals surface area (Å²) in [5, 5.41) is 1.40. The molecule has 0 aliphatic heterocycles. The van der Waals surface area contributed by atoms with Crippen LogP contribution in [0.5, 0.6) is 0 Å².